The summed E-state index contributed by atoms with van der Waals surface area (Å²) in [6.07, 6.45) is 0.932. The van der Waals surface area contributed by atoms with Crippen molar-refractivity contribution in [1.82, 2.24) is 16.2 Å². The van der Waals surface area contributed by atoms with E-state index in [0.29, 0.717) is 33.3 Å². The lowest BCUT2D eigenvalue weighted by Gasteiger charge is -2.13. The Morgan fingerprint density at radius 2 is 1.83 bits per heavy atom. The van der Waals surface area contributed by atoms with Crippen molar-refractivity contribution in [3.63, 3.8) is 0 Å². The number of hydrogen-bond acceptors (Lipinski definition) is 4. The zero-order valence-corrected chi connectivity index (χ0v) is 20.1. The minimum absolute atomic E-state index is 0.0770. The zero-order valence-electron chi connectivity index (χ0n) is 16.2. The topological polar surface area (TPSA) is 79.5 Å². The molecule has 0 atom stereocenters. The fourth-order valence-corrected chi connectivity index (χ4v) is 3.36. The number of halogens is 3. The van der Waals surface area contributed by atoms with Gasteiger partial charge in [0.15, 0.2) is 5.11 Å². The Morgan fingerprint density at radius 1 is 1.10 bits per heavy atom. The lowest BCUT2D eigenvalue weighted by molar-refractivity contribution is 0.0934. The fourth-order valence-electron chi connectivity index (χ4n) is 2.22. The number of rotatable bonds is 6. The van der Waals surface area contributed by atoms with E-state index in [9.17, 15) is 9.59 Å². The number of hydrazine groups is 1. The quantitative estimate of drug-likeness (QED) is 0.355. The van der Waals surface area contributed by atoms with Crippen molar-refractivity contribution in [1.29, 1.82) is 0 Å². The van der Waals surface area contributed by atoms with Gasteiger partial charge >= 0.3 is 0 Å². The van der Waals surface area contributed by atoms with Gasteiger partial charge in [-0.2, -0.15) is 0 Å². The number of thiocarbonyl (C=S) groups is 1. The van der Waals surface area contributed by atoms with Gasteiger partial charge in [-0.15, -0.1) is 0 Å². The van der Waals surface area contributed by atoms with Gasteiger partial charge in [-0.1, -0.05) is 37.0 Å². The third-order valence-electron chi connectivity index (χ3n) is 3.84. The lowest BCUT2D eigenvalue weighted by atomic mass is 10.1. The number of carbonyl (C=O) groups is 2. The van der Waals surface area contributed by atoms with Crippen LogP contribution in [0.1, 0.15) is 41.0 Å². The Bertz CT molecular complexity index is 957. The van der Waals surface area contributed by atoms with Gasteiger partial charge in [-0.3, -0.25) is 25.8 Å². The standard InChI is InChI=1S/C20H20BrCl2N3O3S/c1-11(2)7-8-29-17-6-3-12(9-15(17)21)18(27)24-20(30)26-25-19(28)14-5-4-13(22)10-16(14)23/h3-6,9-11H,7-8H2,1-2H3,(H,25,28)(H2,24,26,27,30). The van der Waals surface area contributed by atoms with Crippen molar-refractivity contribution in [2.45, 2.75) is 20.3 Å². The van der Waals surface area contributed by atoms with E-state index >= 15 is 0 Å². The van der Waals surface area contributed by atoms with Crippen molar-refractivity contribution in [2.24, 2.45) is 5.92 Å². The van der Waals surface area contributed by atoms with Crippen molar-refractivity contribution in [3.8, 4) is 5.75 Å². The van der Waals surface area contributed by atoms with Crippen LogP contribution in [0.25, 0.3) is 0 Å². The molecule has 0 aliphatic rings. The molecule has 3 N–H and O–H groups in total. The smallest absolute Gasteiger partial charge is 0.271 e. The van der Waals surface area contributed by atoms with Crippen LogP contribution in [-0.2, 0) is 0 Å². The first-order valence-corrected chi connectivity index (χ1v) is 10.9. The van der Waals surface area contributed by atoms with Crippen LogP contribution >= 0.6 is 51.3 Å². The zero-order chi connectivity index (χ0) is 22.3. The van der Waals surface area contributed by atoms with E-state index in [1.165, 1.54) is 18.2 Å². The first-order chi connectivity index (χ1) is 14.2. The molecule has 160 valence electrons. The van der Waals surface area contributed by atoms with Crippen LogP contribution in [0, 0.1) is 5.92 Å². The molecule has 10 heteroatoms. The van der Waals surface area contributed by atoms with Crippen LogP contribution in [0.15, 0.2) is 40.9 Å². The number of carbonyl (C=O) groups excluding carboxylic acids is 2. The molecule has 0 spiro atoms. The Hall–Kier alpha value is -1.87. The summed E-state index contributed by atoms with van der Waals surface area (Å²) in [7, 11) is 0. The van der Waals surface area contributed by atoms with Crippen LogP contribution in [0.3, 0.4) is 0 Å². The van der Waals surface area contributed by atoms with Crippen molar-refractivity contribution in [3.05, 3.63) is 62.0 Å². The Kier molecular flexibility index (Phi) is 9.36. The molecule has 0 saturated carbocycles. The maximum Gasteiger partial charge on any atom is 0.271 e. The summed E-state index contributed by atoms with van der Waals surface area (Å²) >= 11 is 20.2. The number of ether oxygens (including phenoxy) is 1. The summed E-state index contributed by atoms with van der Waals surface area (Å²) in [6, 6.07) is 9.43. The fraction of sp³-hybridized carbons (Fsp3) is 0.250. The minimum atomic E-state index is -0.529. The normalized spacial score (nSPS) is 10.5. The second kappa shape index (κ2) is 11.5. The number of nitrogens with one attached hydrogen (secondary N) is 3. The molecule has 0 saturated heterocycles. The first-order valence-electron chi connectivity index (χ1n) is 8.96. The molecule has 0 fully saturated rings. The predicted molar refractivity (Wildman–Crippen MR) is 126 cm³/mol. The number of benzene rings is 2. The van der Waals surface area contributed by atoms with Crippen molar-refractivity contribution in [2.75, 3.05) is 6.61 Å². The van der Waals surface area contributed by atoms with E-state index in [4.69, 9.17) is 40.2 Å². The molecule has 0 heterocycles. The Morgan fingerprint density at radius 3 is 2.47 bits per heavy atom. The Balaban J connectivity index is 1.88. The van der Waals surface area contributed by atoms with E-state index < -0.39 is 11.8 Å². The van der Waals surface area contributed by atoms with Gasteiger partial charge in [0.25, 0.3) is 11.8 Å². The van der Waals surface area contributed by atoms with Crippen LogP contribution in [0.4, 0.5) is 0 Å². The van der Waals surface area contributed by atoms with Gasteiger partial charge in [0, 0.05) is 10.6 Å². The summed E-state index contributed by atoms with van der Waals surface area (Å²) in [6.45, 7) is 4.83. The second-order valence-corrected chi connectivity index (χ2v) is 8.77. The SMILES string of the molecule is CC(C)CCOc1ccc(C(=O)NC(=S)NNC(=O)c2ccc(Cl)cc2Cl)cc1Br. The predicted octanol–water partition coefficient (Wildman–Crippen LogP) is 5.13. The van der Waals surface area contributed by atoms with Crippen molar-refractivity contribution < 1.29 is 14.3 Å². The summed E-state index contributed by atoms with van der Waals surface area (Å²) in [5, 5.41) is 3.01. The van der Waals surface area contributed by atoms with Crippen LogP contribution in [0.5, 0.6) is 5.75 Å². The Labute approximate surface area is 198 Å². The molecule has 0 unspecified atom stereocenters. The van der Waals surface area contributed by atoms with E-state index in [2.05, 4.69) is 45.9 Å². The molecular formula is C20H20BrCl2N3O3S. The van der Waals surface area contributed by atoms with Gasteiger partial charge in [0.1, 0.15) is 5.75 Å². The molecule has 0 aliphatic carbocycles. The van der Waals surface area contributed by atoms with E-state index in [1.807, 2.05) is 0 Å². The highest BCUT2D eigenvalue weighted by molar-refractivity contribution is 9.10. The molecule has 2 rings (SSSR count). The second-order valence-electron chi connectivity index (χ2n) is 6.66. The lowest BCUT2D eigenvalue weighted by Crippen LogP contribution is -2.48. The van der Waals surface area contributed by atoms with Gasteiger partial charge in [0.2, 0.25) is 0 Å². The van der Waals surface area contributed by atoms with Crippen LogP contribution in [-0.4, -0.2) is 23.5 Å². The molecule has 0 aliphatic heterocycles. The monoisotopic (exact) mass is 531 g/mol. The summed E-state index contributed by atoms with van der Waals surface area (Å²) in [4.78, 5) is 24.5. The van der Waals surface area contributed by atoms with Gasteiger partial charge < -0.3 is 4.74 Å². The highest BCUT2D eigenvalue weighted by atomic mass is 79.9. The molecule has 2 aromatic carbocycles. The molecule has 30 heavy (non-hydrogen) atoms. The molecular weight excluding hydrogens is 513 g/mol. The maximum atomic E-state index is 12.4. The molecule has 0 radical (unpaired) electrons. The van der Waals surface area contributed by atoms with Crippen LogP contribution < -0.4 is 20.9 Å². The van der Waals surface area contributed by atoms with Crippen molar-refractivity contribution >= 4 is 68.3 Å². The van der Waals surface area contributed by atoms with Crippen LogP contribution in [0.2, 0.25) is 10.0 Å². The van der Waals surface area contributed by atoms with E-state index in [0.717, 1.165) is 6.42 Å². The largest absolute Gasteiger partial charge is 0.492 e. The van der Waals surface area contributed by atoms with Gasteiger partial charge in [-0.05, 0) is 76.9 Å². The highest BCUT2D eigenvalue weighted by Crippen LogP contribution is 2.26. The molecule has 0 bridgehead atoms. The minimum Gasteiger partial charge on any atom is -0.492 e. The van der Waals surface area contributed by atoms with E-state index in [-0.39, 0.29) is 15.7 Å². The molecule has 0 aromatic heterocycles. The first kappa shape index (κ1) is 24.4. The average Bonchev–Trinajstić information content (AvgIpc) is 2.67. The molecule has 6 nitrogen and oxygen atoms in total. The number of hydrogen-bond donors (Lipinski definition) is 3. The summed E-state index contributed by atoms with van der Waals surface area (Å²) in [5.41, 5.74) is 5.40. The van der Waals surface area contributed by atoms with Gasteiger partial charge in [-0.25, -0.2) is 0 Å². The third kappa shape index (κ3) is 7.43. The molecule has 2 amide bonds. The summed E-state index contributed by atoms with van der Waals surface area (Å²) < 4.78 is 6.36. The summed E-state index contributed by atoms with van der Waals surface area (Å²) in [5.74, 6) is 0.221. The highest BCUT2D eigenvalue weighted by Gasteiger charge is 2.13. The van der Waals surface area contributed by atoms with E-state index in [1.54, 1.807) is 18.2 Å². The third-order valence-corrected chi connectivity index (χ3v) is 5.21. The average molecular weight is 533 g/mol. The maximum absolute atomic E-state index is 12.4. The number of amides is 2. The van der Waals surface area contributed by atoms with Gasteiger partial charge in [0.05, 0.1) is 21.7 Å². The molecule has 2 aromatic rings.